The minimum absolute atomic E-state index is 0.232. The number of aromatic nitrogens is 3. The van der Waals surface area contributed by atoms with E-state index in [2.05, 4.69) is 30.9 Å². The summed E-state index contributed by atoms with van der Waals surface area (Å²) in [4.78, 5) is 4.38. The van der Waals surface area contributed by atoms with Crippen LogP contribution in [0.25, 0.3) is 0 Å². The standard InChI is InChI=1S/C15H28N4/c1-4-12-6-5-7-13(8-12)14(16)9-15-17-10-18-19(15)11(2)3/h10-14H,4-9,16H2,1-3H3. The van der Waals surface area contributed by atoms with Gasteiger partial charge in [0, 0.05) is 18.5 Å². The molecule has 1 aromatic rings. The van der Waals surface area contributed by atoms with Gasteiger partial charge in [-0.1, -0.05) is 26.2 Å². The molecule has 4 nitrogen and oxygen atoms in total. The van der Waals surface area contributed by atoms with Gasteiger partial charge in [-0.25, -0.2) is 9.67 Å². The molecule has 2 N–H and O–H groups in total. The second-order valence-corrected chi connectivity index (χ2v) is 6.28. The van der Waals surface area contributed by atoms with Crippen molar-refractivity contribution in [2.75, 3.05) is 0 Å². The Balaban J connectivity index is 1.96. The zero-order valence-corrected chi connectivity index (χ0v) is 12.5. The van der Waals surface area contributed by atoms with Gasteiger partial charge in [0.15, 0.2) is 0 Å². The summed E-state index contributed by atoms with van der Waals surface area (Å²) in [5.41, 5.74) is 6.44. The Morgan fingerprint density at radius 3 is 2.89 bits per heavy atom. The molecule has 3 unspecified atom stereocenters. The summed E-state index contributed by atoms with van der Waals surface area (Å²) in [5.74, 6) is 2.59. The van der Waals surface area contributed by atoms with E-state index >= 15 is 0 Å². The van der Waals surface area contributed by atoms with E-state index in [1.165, 1.54) is 32.1 Å². The molecular weight excluding hydrogens is 236 g/mol. The predicted molar refractivity (Wildman–Crippen MR) is 77.8 cm³/mol. The van der Waals surface area contributed by atoms with Crippen molar-refractivity contribution < 1.29 is 0 Å². The second kappa shape index (κ2) is 6.51. The fourth-order valence-electron chi connectivity index (χ4n) is 3.32. The molecule has 0 bridgehead atoms. The fraction of sp³-hybridized carbons (Fsp3) is 0.867. The van der Waals surface area contributed by atoms with E-state index in [1.807, 2.05) is 4.68 Å². The minimum Gasteiger partial charge on any atom is -0.327 e. The van der Waals surface area contributed by atoms with Gasteiger partial charge in [0.05, 0.1) is 0 Å². The first kappa shape index (κ1) is 14.5. The molecule has 1 aliphatic carbocycles. The van der Waals surface area contributed by atoms with Crippen molar-refractivity contribution in [2.24, 2.45) is 17.6 Å². The van der Waals surface area contributed by atoms with Crippen LogP contribution >= 0.6 is 0 Å². The summed E-state index contributed by atoms with van der Waals surface area (Å²) >= 11 is 0. The van der Waals surface area contributed by atoms with Crippen LogP contribution in [0.3, 0.4) is 0 Å². The van der Waals surface area contributed by atoms with Gasteiger partial charge in [0.2, 0.25) is 0 Å². The molecule has 0 aromatic carbocycles. The summed E-state index contributed by atoms with van der Waals surface area (Å²) in [6.07, 6.45) is 9.12. The van der Waals surface area contributed by atoms with Gasteiger partial charge in [-0.3, -0.25) is 0 Å². The molecule has 1 fully saturated rings. The van der Waals surface area contributed by atoms with Crippen molar-refractivity contribution in [3.63, 3.8) is 0 Å². The lowest BCUT2D eigenvalue weighted by atomic mass is 9.76. The van der Waals surface area contributed by atoms with E-state index in [1.54, 1.807) is 6.33 Å². The van der Waals surface area contributed by atoms with Crippen LogP contribution in [-0.4, -0.2) is 20.8 Å². The average Bonchev–Trinajstić information content (AvgIpc) is 2.87. The zero-order chi connectivity index (χ0) is 13.8. The third kappa shape index (κ3) is 3.56. The average molecular weight is 264 g/mol. The molecule has 4 heteroatoms. The SMILES string of the molecule is CCC1CCCC(C(N)Cc2ncnn2C(C)C)C1. The molecule has 0 aliphatic heterocycles. The Bertz CT molecular complexity index is 385. The number of nitrogens with two attached hydrogens (primary N) is 1. The van der Waals surface area contributed by atoms with E-state index < -0.39 is 0 Å². The van der Waals surface area contributed by atoms with Gasteiger partial charge in [-0.05, 0) is 38.5 Å². The molecule has 0 radical (unpaired) electrons. The summed E-state index contributed by atoms with van der Waals surface area (Å²) in [5, 5.41) is 4.30. The zero-order valence-electron chi connectivity index (χ0n) is 12.5. The highest BCUT2D eigenvalue weighted by Crippen LogP contribution is 2.33. The molecule has 1 heterocycles. The Kier molecular flexibility index (Phi) is 4.97. The van der Waals surface area contributed by atoms with Crippen LogP contribution in [0.5, 0.6) is 0 Å². The lowest BCUT2D eigenvalue weighted by Gasteiger charge is -2.32. The topological polar surface area (TPSA) is 56.7 Å². The molecule has 0 saturated heterocycles. The Morgan fingerprint density at radius 1 is 1.42 bits per heavy atom. The van der Waals surface area contributed by atoms with Gasteiger partial charge in [-0.2, -0.15) is 5.10 Å². The molecule has 0 amide bonds. The van der Waals surface area contributed by atoms with Crippen molar-refractivity contribution in [1.29, 1.82) is 0 Å². The van der Waals surface area contributed by atoms with Crippen LogP contribution in [0.1, 0.15) is 64.7 Å². The van der Waals surface area contributed by atoms with Crippen molar-refractivity contribution in [2.45, 2.75) is 71.4 Å². The van der Waals surface area contributed by atoms with Crippen molar-refractivity contribution in [1.82, 2.24) is 14.8 Å². The maximum atomic E-state index is 6.44. The van der Waals surface area contributed by atoms with Gasteiger partial charge < -0.3 is 5.73 Å². The van der Waals surface area contributed by atoms with Crippen molar-refractivity contribution >= 4 is 0 Å². The lowest BCUT2D eigenvalue weighted by Crippen LogP contribution is -2.36. The minimum atomic E-state index is 0.232. The van der Waals surface area contributed by atoms with E-state index in [0.29, 0.717) is 12.0 Å². The number of nitrogens with zero attached hydrogens (tertiary/aromatic N) is 3. The molecule has 108 valence electrons. The largest absolute Gasteiger partial charge is 0.327 e. The highest BCUT2D eigenvalue weighted by atomic mass is 15.3. The highest BCUT2D eigenvalue weighted by molar-refractivity contribution is 4.93. The molecule has 3 atom stereocenters. The Hall–Kier alpha value is -0.900. The summed E-state index contributed by atoms with van der Waals surface area (Å²) in [6.45, 7) is 6.57. The number of hydrogen-bond acceptors (Lipinski definition) is 3. The van der Waals surface area contributed by atoms with Gasteiger partial charge >= 0.3 is 0 Å². The van der Waals surface area contributed by atoms with Gasteiger partial charge in [-0.15, -0.1) is 0 Å². The quantitative estimate of drug-likeness (QED) is 0.889. The van der Waals surface area contributed by atoms with Crippen LogP contribution in [0.15, 0.2) is 6.33 Å². The number of rotatable bonds is 5. The van der Waals surface area contributed by atoms with Crippen LogP contribution in [0, 0.1) is 11.8 Å². The van der Waals surface area contributed by atoms with Crippen LogP contribution in [0.4, 0.5) is 0 Å². The molecule has 1 aliphatic rings. The predicted octanol–water partition coefficient (Wildman–Crippen LogP) is 2.95. The second-order valence-electron chi connectivity index (χ2n) is 6.28. The van der Waals surface area contributed by atoms with Crippen LogP contribution in [-0.2, 0) is 6.42 Å². The molecule has 2 rings (SSSR count). The molecule has 1 aromatic heterocycles. The van der Waals surface area contributed by atoms with E-state index in [4.69, 9.17) is 5.73 Å². The number of hydrogen-bond donors (Lipinski definition) is 1. The monoisotopic (exact) mass is 264 g/mol. The third-order valence-corrected chi connectivity index (χ3v) is 4.56. The first-order chi connectivity index (χ1) is 9.11. The Morgan fingerprint density at radius 2 is 2.21 bits per heavy atom. The summed E-state index contributed by atoms with van der Waals surface area (Å²) in [6, 6.07) is 0.593. The first-order valence-corrected chi connectivity index (χ1v) is 7.75. The maximum Gasteiger partial charge on any atom is 0.138 e. The van der Waals surface area contributed by atoms with E-state index in [-0.39, 0.29) is 6.04 Å². The molecule has 0 spiro atoms. The first-order valence-electron chi connectivity index (χ1n) is 7.75. The maximum absolute atomic E-state index is 6.44. The van der Waals surface area contributed by atoms with Crippen LogP contribution < -0.4 is 5.73 Å². The highest BCUT2D eigenvalue weighted by Gasteiger charge is 2.26. The van der Waals surface area contributed by atoms with Crippen LogP contribution in [0.2, 0.25) is 0 Å². The van der Waals surface area contributed by atoms with E-state index in [9.17, 15) is 0 Å². The van der Waals surface area contributed by atoms with E-state index in [0.717, 1.165) is 18.2 Å². The summed E-state index contributed by atoms with van der Waals surface area (Å²) < 4.78 is 2.00. The normalized spacial score (nSPS) is 25.7. The molecular formula is C15H28N4. The fourth-order valence-corrected chi connectivity index (χ4v) is 3.32. The molecule has 1 saturated carbocycles. The summed E-state index contributed by atoms with van der Waals surface area (Å²) in [7, 11) is 0. The Labute approximate surface area is 116 Å². The third-order valence-electron chi connectivity index (χ3n) is 4.56. The smallest absolute Gasteiger partial charge is 0.138 e. The van der Waals surface area contributed by atoms with Gasteiger partial charge in [0.1, 0.15) is 12.2 Å². The van der Waals surface area contributed by atoms with Crippen molar-refractivity contribution in [3.8, 4) is 0 Å². The van der Waals surface area contributed by atoms with Crippen molar-refractivity contribution in [3.05, 3.63) is 12.2 Å². The van der Waals surface area contributed by atoms with Gasteiger partial charge in [0.25, 0.3) is 0 Å². The lowest BCUT2D eigenvalue weighted by molar-refractivity contribution is 0.226. The molecule has 19 heavy (non-hydrogen) atoms.